The Morgan fingerprint density at radius 1 is 1.18 bits per heavy atom. The molecular formula is C17H14NO3S+. The number of phenolic OH excluding ortho intramolecular Hbond substituents is 1. The van der Waals surface area contributed by atoms with E-state index in [-0.39, 0.29) is 11.5 Å². The Bertz CT molecular complexity index is 867. The summed E-state index contributed by atoms with van der Waals surface area (Å²) in [5.41, 5.74) is 2.02. The van der Waals surface area contributed by atoms with E-state index in [0.717, 1.165) is 10.6 Å². The van der Waals surface area contributed by atoms with Gasteiger partial charge >= 0.3 is 0 Å². The first-order valence-electron chi connectivity index (χ1n) is 6.68. The maximum absolute atomic E-state index is 10.4. The molecule has 0 unspecified atom stereocenters. The van der Waals surface area contributed by atoms with E-state index in [4.69, 9.17) is 4.74 Å². The van der Waals surface area contributed by atoms with Crippen molar-refractivity contribution in [2.75, 3.05) is 0 Å². The van der Waals surface area contributed by atoms with E-state index < -0.39 is 0 Å². The third kappa shape index (κ3) is 2.71. The minimum atomic E-state index is -0.0586. The molecule has 22 heavy (non-hydrogen) atoms. The minimum absolute atomic E-state index is 0.0586. The van der Waals surface area contributed by atoms with E-state index in [2.05, 4.69) is 16.7 Å². The van der Waals surface area contributed by atoms with Crippen molar-refractivity contribution < 1.29 is 19.2 Å². The second-order valence-corrected chi connectivity index (χ2v) is 5.80. The topological polar surface area (TPSA) is 50.4 Å². The summed E-state index contributed by atoms with van der Waals surface area (Å²) in [5.74, 6) is 0.0922. The lowest BCUT2D eigenvalue weighted by molar-refractivity contribution is -0.642. The summed E-state index contributed by atoms with van der Waals surface area (Å²) in [6.45, 7) is 0.300. The number of aromatic nitrogens is 1. The van der Waals surface area contributed by atoms with Crippen LogP contribution in [0.1, 0.15) is 10.6 Å². The average molecular weight is 312 g/mol. The van der Waals surface area contributed by atoms with Crippen LogP contribution < -0.4 is 9.30 Å². The first kappa shape index (κ1) is 14.3. The van der Waals surface area contributed by atoms with Gasteiger partial charge in [0.15, 0.2) is 11.5 Å². The molecule has 0 saturated heterocycles. The van der Waals surface area contributed by atoms with Crippen LogP contribution in [0.4, 0.5) is 0 Å². The molecular weight excluding hydrogens is 298 g/mol. The molecule has 110 valence electrons. The van der Waals surface area contributed by atoms with Crippen molar-refractivity contribution in [2.24, 2.45) is 7.05 Å². The van der Waals surface area contributed by atoms with Crippen LogP contribution in [0.2, 0.25) is 0 Å². The third-order valence-electron chi connectivity index (χ3n) is 3.35. The SMILES string of the molecule is C[n+]1c(C=Cc2ccc(O)c(OC=O)c2)sc2ccccc21. The predicted octanol–water partition coefficient (Wildman–Crippen LogP) is 3.14. The molecule has 0 fully saturated rings. The van der Waals surface area contributed by atoms with Crippen LogP contribution >= 0.6 is 11.3 Å². The van der Waals surface area contributed by atoms with Gasteiger partial charge in [0.1, 0.15) is 11.7 Å². The zero-order valence-corrected chi connectivity index (χ0v) is 12.7. The first-order chi connectivity index (χ1) is 10.7. The molecule has 0 spiro atoms. The van der Waals surface area contributed by atoms with Gasteiger partial charge in [0.2, 0.25) is 5.52 Å². The van der Waals surface area contributed by atoms with E-state index in [0.29, 0.717) is 6.47 Å². The maximum Gasteiger partial charge on any atom is 0.298 e. The number of aryl methyl sites for hydroxylation is 1. The zero-order valence-electron chi connectivity index (χ0n) is 11.9. The van der Waals surface area contributed by atoms with Gasteiger partial charge in [0.25, 0.3) is 11.5 Å². The van der Waals surface area contributed by atoms with Gasteiger partial charge in [-0.1, -0.05) is 29.5 Å². The van der Waals surface area contributed by atoms with Gasteiger partial charge in [0, 0.05) is 12.1 Å². The number of phenols is 1. The molecule has 3 aromatic rings. The fourth-order valence-corrected chi connectivity index (χ4v) is 3.27. The Morgan fingerprint density at radius 3 is 2.77 bits per heavy atom. The van der Waals surface area contributed by atoms with Gasteiger partial charge in [-0.2, -0.15) is 4.57 Å². The molecule has 0 aliphatic rings. The van der Waals surface area contributed by atoms with Crippen LogP contribution in [0.3, 0.4) is 0 Å². The predicted molar refractivity (Wildman–Crippen MR) is 86.7 cm³/mol. The Labute approximate surface area is 131 Å². The minimum Gasteiger partial charge on any atom is -0.504 e. The number of ether oxygens (including phenoxy) is 1. The highest BCUT2D eigenvalue weighted by Crippen LogP contribution is 2.27. The number of carbonyl (C=O) groups is 1. The van der Waals surface area contributed by atoms with E-state index in [1.165, 1.54) is 16.3 Å². The number of carbonyl (C=O) groups excluding carboxylic acids is 1. The van der Waals surface area contributed by atoms with Crippen molar-refractivity contribution in [3.63, 3.8) is 0 Å². The first-order valence-corrected chi connectivity index (χ1v) is 7.49. The Hall–Kier alpha value is -2.66. The number of hydrogen-bond donors (Lipinski definition) is 1. The molecule has 1 N–H and O–H groups in total. The molecule has 4 nitrogen and oxygen atoms in total. The number of rotatable bonds is 4. The number of fused-ring (bicyclic) bond motifs is 1. The summed E-state index contributed by atoms with van der Waals surface area (Å²) in [6, 6.07) is 13.1. The molecule has 2 aromatic carbocycles. The molecule has 0 bridgehead atoms. The molecule has 0 amide bonds. The van der Waals surface area contributed by atoms with Crippen molar-refractivity contribution in [3.05, 3.63) is 53.0 Å². The third-order valence-corrected chi connectivity index (χ3v) is 4.53. The summed E-state index contributed by atoms with van der Waals surface area (Å²) in [7, 11) is 2.02. The maximum atomic E-state index is 10.4. The second kappa shape index (κ2) is 5.99. The van der Waals surface area contributed by atoms with Gasteiger partial charge in [-0.05, 0) is 29.8 Å². The van der Waals surface area contributed by atoms with Crippen LogP contribution in [0, 0.1) is 0 Å². The van der Waals surface area contributed by atoms with Gasteiger partial charge in [-0.15, -0.1) is 0 Å². The average Bonchev–Trinajstić information content (AvgIpc) is 2.85. The summed E-state index contributed by atoms with van der Waals surface area (Å²) in [6.07, 6.45) is 3.92. The number of hydrogen-bond acceptors (Lipinski definition) is 4. The lowest BCUT2D eigenvalue weighted by atomic mass is 10.2. The molecule has 0 saturated carbocycles. The van der Waals surface area contributed by atoms with Crippen molar-refractivity contribution in [3.8, 4) is 11.5 Å². The number of thiazole rings is 1. The van der Waals surface area contributed by atoms with Crippen molar-refractivity contribution >= 4 is 40.2 Å². The van der Waals surface area contributed by atoms with E-state index >= 15 is 0 Å². The van der Waals surface area contributed by atoms with Crippen LogP contribution in [-0.4, -0.2) is 11.6 Å². The Morgan fingerprint density at radius 2 is 2.00 bits per heavy atom. The summed E-state index contributed by atoms with van der Waals surface area (Å²) in [4.78, 5) is 10.4. The molecule has 0 radical (unpaired) electrons. The molecule has 3 rings (SSSR count). The quantitative estimate of drug-likeness (QED) is 0.595. The monoisotopic (exact) mass is 312 g/mol. The summed E-state index contributed by atoms with van der Waals surface area (Å²) < 4.78 is 8.08. The number of para-hydroxylation sites is 1. The standard InChI is InChI=1S/C17H13NO3S/c1-18-13-4-2-3-5-16(13)22-17(18)9-7-12-6-8-14(20)15(10-12)21-11-19/h2-11H,1H3/p+1. The fourth-order valence-electron chi connectivity index (χ4n) is 2.21. The lowest BCUT2D eigenvalue weighted by Crippen LogP contribution is -2.28. The molecule has 1 heterocycles. The van der Waals surface area contributed by atoms with Crippen molar-refractivity contribution in [1.82, 2.24) is 0 Å². The van der Waals surface area contributed by atoms with Gasteiger partial charge in [-0.25, -0.2) is 0 Å². The van der Waals surface area contributed by atoms with Crippen LogP contribution in [0.5, 0.6) is 11.5 Å². The van der Waals surface area contributed by atoms with E-state index in [1.54, 1.807) is 23.5 Å². The van der Waals surface area contributed by atoms with Gasteiger partial charge in [-0.3, -0.25) is 4.79 Å². The summed E-state index contributed by atoms with van der Waals surface area (Å²) >= 11 is 1.70. The van der Waals surface area contributed by atoms with Crippen LogP contribution in [-0.2, 0) is 11.8 Å². The Balaban J connectivity index is 1.94. The van der Waals surface area contributed by atoms with E-state index in [1.807, 2.05) is 31.3 Å². The van der Waals surface area contributed by atoms with E-state index in [9.17, 15) is 9.90 Å². The van der Waals surface area contributed by atoms with Crippen LogP contribution in [0.15, 0.2) is 42.5 Å². The lowest BCUT2D eigenvalue weighted by Gasteiger charge is -2.02. The highest BCUT2D eigenvalue weighted by Gasteiger charge is 2.13. The number of aromatic hydroxyl groups is 1. The fraction of sp³-hybridized carbons (Fsp3) is 0.0588. The largest absolute Gasteiger partial charge is 0.504 e. The van der Waals surface area contributed by atoms with Crippen LogP contribution in [0.25, 0.3) is 22.4 Å². The molecule has 1 aromatic heterocycles. The molecule has 0 aliphatic heterocycles. The molecule has 0 atom stereocenters. The van der Waals surface area contributed by atoms with Crippen molar-refractivity contribution in [2.45, 2.75) is 0 Å². The highest BCUT2D eigenvalue weighted by molar-refractivity contribution is 7.18. The normalized spacial score (nSPS) is 11.1. The summed E-state index contributed by atoms with van der Waals surface area (Å²) in [5, 5.41) is 10.7. The number of nitrogens with zero attached hydrogens (tertiary/aromatic N) is 1. The van der Waals surface area contributed by atoms with Gasteiger partial charge in [0.05, 0.1) is 0 Å². The highest BCUT2D eigenvalue weighted by atomic mass is 32.1. The smallest absolute Gasteiger partial charge is 0.298 e. The van der Waals surface area contributed by atoms with Crippen molar-refractivity contribution in [1.29, 1.82) is 0 Å². The van der Waals surface area contributed by atoms with Gasteiger partial charge < -0.3 is 9.84 Å². The second-order valence-electron chi connectivity index (χ2n) is 4.74. The number of benzene rings is 2. The Kier molecular flexibility index (Phi) is 3.89. The molecule has 0 aliphatic carbocycles. The zero-order chi connectivity index (χ0) is 15.5. The molecule has 5 heteroatoms.